The fraction of sp³-hybridized carbons (Fsp3) is 0.222. The summed E-state index contributed by atoms with van der Waals surface area (Å²) in [6.07, 6.45) is 0.744. The summed E-state index contributed by atoms with van der Waals surface area (Å²) in [5.74, 6) is 0.709. The highest BCUT2D eigenvalue weighted by Gasteiger charge is 2.22. The normalized spacial score (nSPS) is 16.0. The highest BCUT2D eigenvalue weighted by Crippen LogP contribution is 2.27. The van der Waals surface area contributed by atoms with Crippen molar-refractivity contribution in [2.24, 2.45) is 7.05 Å². The second kappa shape index (κ2) is 5.56. The van der Waals surface area contributed by atoms with Crippen LogP contribution in [0.1, 0.15) is 15.9 Å². The van der Waals surface area contributed by atoms with E-state index in [2.05, 4.69) is 10.3 Å². The monoisotopic (exact) mass is 323 g/mol. The number of nitrogens with zero attached hydrogens (tertiary/aromatic N) is 1. The molecule has 6 heteroatoms. The Kier molecular flexibility index (Phi) is 3.37. The standard InChI is InChI=1S/C18H17N3O3/c1-21-15-7-6-12(9-14(15)20-18(21)23)17(22)19-10-13-8-11-4-2-3-5-16(11)24-13/h2-7,9,13H,8,10H2,1H3,(H,19,22)(H,20,23)/t13-/m0/s1. The van der Waals surface area contributed by atoms with Crippen LogP contribution in [-0.4, -0.2) is 28.1 Å². The molecule has 0 fully saturated rings. The van der Waals surface area contributed by atoms with Crippen LogP contribution in [0.25, 0.3) is 11.0 Å². The number of imidazole rings is 1. The Balaban J connectivity index is 1.44. The quantitative estimate of drug-likeness (QED) is 0.769. The Morgan fingerprint density at radius 3 is 3.00 bits per heavy atom. The summed E-state index contributed by atoms with van der Waals surface area (Å²) in [5, 5.41) is 2.90. The third-order valence-electron chi connectivity index (χ3n) is 4.37. The van der Waals surface area contributed by atoms with Crippen LogP contribution in [0.4, 0.5) is 0 Å². The van der Waals surface area contributed by atoms with E-state index in [-0.39, 0.29) is 17.7 Å². The maximum Gasteiger partial charge on any atom is 0.326 e. The van der Waals surface area contributed by atoms with Crippen molar-refractivity contribution in [2.75, 3.05) is 6.54 Å². The number of benzene rings is 2. The second-order valence-electron chi connectivity index (χ2n) is 5.98. The van der Waals surface area contributed by atoms with E-state index >= 15 is 0 Å². The number of carbonyl (C=O) groups is 1. The van der Waals surface area contributed by atoms with Crippen molar-refractivity contribution in [2.45, 2.75) is 12.5 Å². The zero-order valence-electron chi connectivity index (χ0n) is 13.2. The molecular weight excluding hydrogens is 306 g/mol. The molecule has 122 valence electrons. The summed E-state index contributed by atoms with van der Waals surface area (Å²) >= 11 is 0. The molecule has 2 aromatic carbocycles. The van der Waals surface area contributed by atoms with Gasteiger partial charge in [0, 0.05) is 19.0 Å². The van der Waals surface area contributed by atoms with E-state index in [1.54, 1.807) is 25.2 Å². The largest absolute Gasteiger partial charge is 0.488 e. The Bertz CT molecular complexity index is 962. The second-order valence-corrected chi connectivity index (χ2v) is 5.98. The molecule has 4 rings (SSSR count). The van der Waals surface area contributed by atoms with Gasteiger partial charge in [0.25, 0.3) is 5.91 Å². The number of hydrogen-bond acceptors (Lipinski definition) is 3. The molecule has 1 aliphatic heterocycles. The zero-order chi connectivity index (χ0) is 16.7. The van der Waals surface area contributed by atoms with E-state index in [0.717, 1.165) is 17.7 Å². The van der Waals surface area contributed by atoms with Gasteiger partial charge in [0.1, 0.15) is 11.9 Å². The van der Waals surface area contributed by atoms with Gasteiger partial charge in [0.05, 0.1) is 17.6 Å². The molecule has 0 saturated heterocycles. The van der Waals surface area contributed by atoms with E-state index in [1.165, 1.54) is 10.1 Å². The van der Waals surface area contributed by atoms with Gasteiger partial charge < -0.3 is 15.0 Å². The van der Waals surface area contributed by atoms with Crippen molar-refractivity contribution in [3.8, 4) is 5.75 Å². The first-order chi connectivity index (χ1) is 11.6. The molecule has 0 spiro atoms. The van der Waals surface area contributed by atoms with Gasteiger partial charge in [0.15, 0.2) is 0 Å². The van der Waals surface area contributed by atoms with E-state index in [1.807, 2.05) is 24.3 Å². The van der Waals surface area contributed by atoms with Gasteiger partial charge >= 0.3 is 5.69 Å². The molecule has 1 atom stereocenters. The van der Waals surface area contributed by atoms with Crippen molar-refractivity contribution in [1.82, 2.24) is 14.9 Å². The average molecular weight is 323 g/mol. The lowest BCUT2D eigenvalue weighted by molar-refractivity contribution is 0.0933. The van der Waals surface area contributed by atoms with Crippen LogP contribution in [0.5, 0.6) is 5.75 Å². The Morgan fingerprint density at radius 2 is 2.17 bits per heavy atom. The van der Waals surface area contributed by atoms with Crippen LogP contribution in [0.15, 0.2) is 47.3 Å². The fourth-order valence-corrected chi connectivity index (χ4v) is 3.05. The van der Waals surface area contributed by atoms with E-state index in [9.17, 15) is 9.59 Å². The SMILES string of the molecule is Cn1c(=O)[nH]c2cc(C(=O)NC[C@@H]3Cc4ccccc4O3)ccc21. The number of aryl methyl sites for hydroxylation is 1. The maximum atomic E-state index is 12.3. The van der Waals surface area contributed by atoms with Crippen LogP contribution >= 0.6 is 0 Å². The third kappa shape index (κ3) is 2.46. The molecule has 1 amide bonds. The van der Waals surface area contributed by atoms with Gasteiger partial charge in [-0.1, -0.05) is 18.2 Å². The van der Waals surface area contributed by atoms with Crippen LogP contribution in [0.3, 0.4) is 0 Å². The number of aromatic amines is 1. The lowest BCUT2D eigenvalue weighted by atomic mass is 10.1. The van der Waals surface area contributed by atoms with Crippen molar-refractivity contribution in [3.05, 3.63) is 64.1 Å². The maximum absolute atomic E-state index is 12.3. The number of H-pyrrole nitrogens is 1. The summed E-state index contributed by atoms with van der Waals surface area (Å²) in [7, 11) is 1.69. The first-order valence-electron chi connectivity index (χ1n) is 7.83. The first-order valence-corrected chi connectivity index (χ1v) is 7.83. The Morgan fingerprint density at radius 1 is 1.33 bits per heavy atom. The van der Waals surface area contributed by atoms with Gasteiger partial charge in [-0.3, -0.25) is 9.36 Å². The number of ether oxygens (including phenoxy) is 1. The zero-order valence-corrected chi connectivity index (χ0v) is 13.2. The van der Waals surface area contributed by atoms with Gasteiger partial charge in [-0.25, -0.2) is 4.79 Å². The lowest BCUT2D eigenvalue weighted by Crippen LogP contribution is -2.34. The van der Waals surface area contributed by atoms with Crippen LogP contribution in [0.2, 0.25) is 0 Å². The number of nitrogens with one attached hydrogen (secondary N) is 2. The number of aromatic nitrogens is 2. The summed E-state index contributed by atoms with van der Waals surface area (Å²) in [6.45, 7) is 0.441. The molecule has 1 aliphatic rings. The predicted molar refractivity (Wildman–Crippen MR) is 90.4 cm³/mol. The molecule has 24 heavy (non-hydrogen) atoms. The number of hydrogen-bond donors (Lipinski definition) is 2. The van der Waals surface area contributed by atoms with Gasteiger partial charge in [-0.05, 0) is 29.8 Å². The molecule has 3 aromatic rings. The van der Waals surface area contributed by atoms with Crippen LogP contribution in [-0.2, 0) is 13.5 Å². The minimum Gasteiger partial charge on any atom is -0.488 e. The molecule has 0 radical (unpaired) electrons. The average Bonchev–Trinajstić information content (AvgIpc) is 3.13. The van der Waals surface area contributed by atoms with Gasteiger partial charge in [-0.2, -0.15) is 0 Å². The van der Waals surface area contributed by atoms with Crippen molar-refractivity contribution in [1.29, 1.82) is 0 Å². The fourth-order valence-electron chi connectivity index (χ4n) is 3.05. The number of fused-ring (bicyclic) bond motifs is 2. The number of rotatable bonds is 3. The minimum absolute atomic E-state index is 0.0494. The van der Waals surface area contributed by atoms with E-state index in [0.29, 0.717) is 17.6 Å². The number of carbonyl (C=O) groups excluding carboxylic acids is 1. The molecule has 2 heterocycles. The van der Waals surface area contributed by atoms with Crippen LogP contribution in [0, 0.1) is 0 Å². The first kappa shape index (κ1) is 14.6. The van der Waals surface area contributed by atoms with E-state index in [4.69, 9.17) is 4.74 Å². The molecular formula is C18H17N3O3. The summed E-state index contributed by atoms with van der Waals surface area (Å²) in [5.41, 5.74) is 2.91. The topological polar surface area (TPSA) is 76.1 Å². The summed E-state index contributed by atoms with van der Waals surface area (Å²) in [4.78, 5) is 26.7. The van der Waals surface area contributed by atoms with Gasteiger partial charge in [-0.15, -0.1) is 0 Å². The summed E-state index contributed by atoms with van der Waals surface area (Å²) < 4.78 is 7.33. The molecule has 6 nitrogen and oxygen atoms in total. The highest BCUT2D eigenvalue weighted by molar-refractivity contribution is 5.97. The van der Waals surface area contributed by atoms with E-state index < -0.39 is 0 Å². The van der Waals surface area contributed by atoms with Crippen molar-refractivity contribution < 1.29 is 9.53 Å². The highest BCUT2D eigenvalue weighted by atomic mass is 16.5. The van der Waals surface area contributed by atoms with Gasteiger partial charge in [0.2, 0.25) is 0 Å². The minimum atomic E-state index is -0.195. The molecule has 0 saturated carbocycles. The smallest absolute Gasteiger partial charge is 0.326 e. The van der Waals surface area contributed by atoms with Crippen molar-refractivity contribution in [3.63, 3.8) is 0 Å². The van der Waals surface area contributed by atoms with Crippen molar-refractivity contribution >= 4 is 16.9 Å². The molecule has 0 unspecified atom stereocenters. The molecule has 2 N–H and O–H groups in total. The molecule has 0 bridgehead atoms. The Labute approximate surface area is 138 Å². The lowest BCUT2D eigenvalue weighted by Gasteiger charge is -2.12. The number of para-hydroxylation sites is 1. The molecule has 0 aliphatic carbocycles. The van der Waals surface area contributed by atoms with Crippen LogP contribution < -0.4 is 15.7 Å². The predicted octanol–water partition coefficient (Wildman–Crippen LogP) is 1.60. The molecule has 1 aromatic heterocycles. The Hall–Kier alpha value is -3.02. The summed E-state index contributed by atoms with van der Waals surface area (Å²) in [6, 6.07) is 13.1. The number of amides is 1. The third-order valence-corrected chi connectivity index (χ3v) is 4.37.